The molecule has 12 heteroatoms. The predicted molar refractivity (Wildman–Crippen MR) is 67.2 cm³/mol. The zero-order valence-electron chi connectivity index (χ0n) is 15.0. The minimum atomic E-state index is -0.838. The number of aliphatic hydroxyl groups excluding tert-OH is 1. The van der Waals surface area contributed by atoms with E-state index in [2.05, 4.69) is 0 Å². The van der Waals surface area contributed by atoms with Gasteiger partial charge >= 0.3 is 59.1 Å². The van der Waals surface area contributed by atoms with Crippen LogP contribution in [0.5, 0.6) is 0 Å². The Labute approximate surface area is 187 Å². The van der Waals surface area contributed by atoms with Gasteiger partial charge in [-0.1, -0.05) is 0 Å². The first-order chi connectivity index (χ1) is 7.47. The van der Waals surface area contributed by atoms with Crippen LogP contribution in [0.25, 0.3) is 0 Å². The van der Waals surface area contributed by atoms with Crippen molar-refractivity contribution < 1.29 is 96.8 Å². The molecule has 0 aromatic heterocycles. The van der Waals surface area contributed by atoms with Crippen molar-refractivity contribution in [2.45, 2.75) is 27.0 Å². The molecular formula is C8H22N2Na3O7. The number of hydrogen-bond donors (Lipinski definition) is 6. The standard InChI is InChI=1S/C2H8N2O.3C2H4O2.3Na.2H/c3-1-2(4)5;3*1-2(3)4;;;;;/h2,5H,1,3-4H2;3*1H3,(H,3,4);;;;;/q;;;;;2*+1;2*-1. The van der Waals surface area contributed by atoms with Gasteiger partial charge in [-0.3, -0.25) is 14.4 Å². The number of carboxylic acids is 3. The Kier molecular flexibility index (Phi) is 79.3. The van der Waals surface area contributed by atoms with Crippen molar-refractivity contribution in [2.75, 3.05) is 6.54 Å². The number of rotatable bonds is 1. The van der Waals surface area contributed by atoms with E-state index in [-0.39, 0.29) is 98.1 Å². The van der Waals surface area contributed by atoms with Gasteiger partial charge in [0.15, 0.2) is 0 Å². The van der Waals surface area contributed by atoms with E-state index >= 15 is 0 Å². The Balaban J connectivity index is -0.0000000137. The topological polar surface area (TPSA) is 184 Å². The molecule has 1 unspecified atom stereocenters. The summed E-state index contributed by atoms with van der Waals surface area (Å²) in [6.45, 7) is 3.39. The monoisotopic (exact) mass is 327 g/mol. The van der Waals surface area contributed by atoms with E-state index in [1.165, 1.54) is 0 Å². The van der Waals surface area contributed by atoms with E-state index < -0.39 is 24.1 Å². The summed E-state index contributed by atoms with van der Waals surface area (Å²) < 4.78 is 0. The quantitative estimate of drug-likeness (QED) is 0.201. The van der Waals surface area contributed by atoms with E-state index in [4.69, 9.17) is 46.3 Å². The fourth-order valence-electron chi connectivity index (χ4n) is 0. The Morgan fingerprint density at radius 2 is 1.00 bits per heavy atom. The van der Waals surface area contributed by atoms with Crippen LogP contribution in [0.4, 0.5) is 0 Å². The van der Waals surface area contributed by atoms with Crippen molar-refractivity contribution >= 4 is 47.5 Å². The Bertz CT molecular complexity index is 187. The van der Waals surface area contributed by atoms with Crippen LogP contribution >= 0.6 is 0 Å². The van der Waals surface area contributed by atoms with Crippen molar-refractivity contribution in [1.82, 2.24) is 0 Å². The molecule has 0 aliphatic carbocycles. The second kappa shape index (κ2) is 37.0. The summed E-state index contributed by atoms with van der Waals surface area (Å²) in [5, 5.41) is 30.3. The summed E-state index contributed by atoms with van der Waals surface area (Å²) in [6.07, 6.45) is -0.838. The fraction of sp³-hybridized carbons (Fsp3) is 0.625. The molecule has 0 saturated heterocycles. The maximum absolute atomic E-state index is 9.00. The molecule has 8 N–H and O–H groups in total. The molecule has 20 heavy (non-hydrogen) atoms. The molecule has 0 aliphatic heterocycles. The molecule has 0 fully saturated rings. The zero-order chi connectivity index (χ0) is 15.0. The summed E-state index contributed by atoms with van der Waals surface area (Å²) in [4.78, 5) is 27.0. The molecule has 0 spiro atoms. The van der Waals surface area contributed by atoms with E-state index in [9.17, 15) is 0 Å². The van der Waals surface area contributed by atoms with E-state index in [0.29, 0.717) is 0 Å². The first-order valence-corrected chi connectivity index (χ1v) is 4.19. The molecule has 9 nitrogen and oxygen atoms in total. The smallest absolute Gasteiger partial charge is 1.00 e. The summed E-state index contributed by atoms with van der Waals surface area (Å²) in [7, 11) is 0. The van der Waals surface area contributed by atoms with Gasteiger partial charge in [0, 0.05) is 56.9 Å². The van der Waals surface area contributed by atoms with Crippen LogP contribution in [0.1, 0.15) is 23.6 Å². The van der Waals surface area contributed by atoms with E-state index in [0.717, 1.165) is 20.8 Å². The van der Waals surface area contributed by atoms with Gasteiger partial charge < -0.3 is 34.7 Å². The Morgan fingerprint density at radius 3 is 1.00 bits per heavy atom. The molecular weight excluding hydrogens is 305 g/mol. The first-order valence-electron chi connectivity index (χ1n) is 4.19. The molecule has 0 aliphatic rings. The summed E-state index contributed by atoms with van der Waals surface area (Å²) in [6, 6.07) is 0. The van der Waals surface area contributed by atoms with Crippen LogP contribution in [0, 0.1) is 0 Å². The second-order valence-electron chi connectivity index (χ2n) is 2.36. The minimum Gasteiger partial charge on any atom is -1.00 e. The van der Waals surface area contributed by atoms with Crippen LogP contribution in [0.2, 0.25) is 0 Å². The summed E-state index contributed by atoms with van der Waals surface area (Å²) in [5.74, 6) is -2.50. The van der Waals surface area contributed by atoms with Crippen molar-refractivity contribution in [1.29, 1.82) is 0 Å². The summed E-state index contributed by atoms with van der Waals surface area (Å²) in [5.41, 5.74) is 9.52. The molecule has 1 atom stereocenters. The maximum atomic E-state index is 9.00. The van der Waals surface area contributed by atoms with Gasteiger partial charge in [-0.2, -0.15) is 0 Å². The number of hydrogen-bond acceptors (Lipinski definition) is 6. The summed E-state index contributed by atoms with van der Waals surface area (Å²) >= 11 is 0. The van der Waals surface area contributed by atoms with Gasteiger partial charge in [-0.25, -0.2) is 0 Å². The van der Waals surface area contributed by atoms with Gasteiger partial charge in [-0.15, -0.1) is 0 Å². The van der Waals surface area contributed by atoms with Crippen molar-refractivity contribution in [3.05, 3.63) is 0 Å². The van der Waals surface area contributed by atoms with E-state index in [1.807, 2.05) is 0 Å². The maximum Gasteiger partial charge on any atom is 1.00 e. The van der Waals surface area contributed by atoms with Crippen LogP contribution < -0.4 is 70.6 Å². The number of aliphatic carboxylic acids is 3. The third-order valence-corrected chi connectivity index (χ3v) is 0.241. The zero-order valence-corrected chi connectivity index (χ0v) is 19.0. The molecule has 0 saturated carbocycles. The molecule has 0 aromatic carbocycles. The van der Waals surface area contributed by atoms with Gasteiger partial charge in [0.05, 0.1) is 0 Å². The number of carboxylic acid groups (broad SMARTS) is 3. The SMILES string of the molecule is CC(=O)O.CC(=O)O.CC(=O)O.NCC(N)O.[H-].[H-].[Na+].[Na+].[Na]. The Morgan fingerprint density at radius 1 is 0.950 bits per heavy atom. The molecule has 0 rings (SSSR count). The molecule has 109 valence electrons. The van der Waals surface area contributed by atoms with Crippen LogP contribution in [0.3, 0.4) is 0 Å². The average Bonchev–Trinajstić information content (AvgIpc) is 2.00. The van der Waals surface area contributed by atoms with Crippen LogP contribution in [-0.2, 0) is 14.4 Å². The number of carbonyl (C=O) groups is 3. The molecule has 0 amide bonds. The molecule has 0 bridgehead atoms. The largest absolute Gasteiger partial charge is 1.00 e. The molecule has 1 radical (unpaired) electrons. The van der Waals surface area contributed by atoms with Crippen LogP contribution in [-0.4, -0.2) is 80.7 Å². The molecule has 0 aromatic rings. The minimum absolute atomic E-state index is 0. The van der Waals surface area contributed by atoms with Gasteiger partial charge in [0.2, 0.25) is 0 Å². The number of nitrogens with two attached hydrogens (primary N) is 2. The van der Waals surface area contributed by atoms with Gasteiger partial charge in [-0.05, 0) is 0 Å². The van der Waals surface area contributed by atoms with Gasteiger partial charge in [0.25, 0.3) is 17.9 Å². The number of aliphatic hydroxyl groups is 1. The van der Waals surface area contributed by atoms with Crippen molar-refractivity contribution in [3.63, 3.8) is 0 Å². The normalized spacial score (nSPS) is 7.50. The van der Waals surface area contributed by atoms with E-state index in [1.54, 1.807) is 0 Å². The third-order valence-electron chi connectivity index (χ3n) is 0.241. The average molecular weight is 327 g/mol. The molecule has 0 heterocycles. The second-order valence-corrected chi connectivity index (χ2v) is 2.36. The van der Waals surface area contributed by atoms with Crippen molar-refractivity contribution in [3.8, 4) is 0 Å². The predicted octanol–water partition coefficient (Wildman–Crippen LogP) is -7.65. The van der Waals surface area contributed by atoms with Gasteiger partial charge in [0.1, 0.15) is 6.23 Å². The first kappa shape index (κ1) is 42.9. The van der Waals surface area contributed by atoms with Crippen molar-refractivity contribution in [2.24, 2.45) is 11.5 Å². The third kappa shape index (κ3) is 596. The Hall–Kier alpha value is 1.29. The van der Waals surface area contributed by atoms with Crippen LogP contribution in [0.15, 0.2) is 0 Å². The fourth-order valence-corrected chi connectivity index (χ4v) is 0.